The van der Waals surface area contributed by atoms with Gasteiger partial charge >= 0.3 is 11.7 Å². The van der Waals surface area contributed by atoms with Crippen molar-refractivity contribution in [1.82, 2.24) is 9.55 Å². The quantitative estimate of drug-likeness (QED) is 0.698. The average molecular weight is 373 g/mol. The fraction of sp³-hybridized carbons (Fsp3) is 0.211. The molecule has 1 aromatic heterocycles. The Balaban J connectivity index is 2.17. The minimum absolute atomic E-state index is 0.153. The van der Waals surface area contributed by atoms with Crippen molar-refractivity contribution in [2.75, 3.05) is 6.61 Å². The number of H-pyrrole nitrogens is 1. The fourth-order valence-electron chi connectivity index (χ4n) is 2.84. The fourth-order valence-corrected chi connectivity index (χ4v) is 3.01. The molecular weight excluding hydrogens is 356 g/mol. The number of rotatable bonds is 5. The third kappa shape index (κ3) is 3.55. The van der Waals surface area contributed by atoms with Crippen LogP contribution in [0, 0.1) is 0 Å². The molecule has 0 saturated carbocycles. The van der Waals surface area contributed by atoms with Crippen LogP contribution < -0.4 is 11.2 Å². The van der Waals surface area contributed by atoms with Gasteiger partial charge in [-0.1, -0.05) is 41.9 Å². The summed E-state index contributed by atoms with van der Waals surface area (Å²) in [5.74, 6) is -0.628. The minimum atomic E-state index is -1.06. The molecule has 2 aromatic carbocycles. The van der Waals surface area contributed by atoms with E-state index in [0.29, 0.717) is 10.5 Å². The van der Waals surface area contributed by atoms with Crippen LogP contribution in [0.2, 0.25) is 5.02 Å². The molecular formula is C19H17ClN2O4. The molecule has 1 atom stereocenters. The van der Waals surface area contributed by atoms with Crippen LogP contribution in [0.5, 0.6) is 0 Å². The van der Waals surface area contributed by atoms with Gasteiger partial charge in [0.2, 0.25) is 0 Å². The van der Waals surface area contributed by atoms with Crippen molar-refractivity contribution in [2.24, 2.45) is 0 Å². The molecule has 3 aromatic rings. The van der Waals surface area contributed by atoms with Gasteiger partial charge in [0, 0.05) is 11.4 Å². The third-order valence-corrected chi connectivity index (χ3v) is 4.27. The molecule has 1 N–H and O–H groups in total. The minimum Gasteiger partial charge on any atom is -0.464 e. The number of nitrogens with zero attached hydrogens (tertiary/aromatic N) is 1. The number of carbonyl (C=O) groups excluding carboxylic acids is 1. The summed E-state index contributed by atoms with van der Waals surface area (Å²) in [6.07, 6.45) is 0.168. The van der Waals surface area contributed by atoms with Gasteiger partial charge in [0.25, 0.3) is 5.56 Å². The Kier molecular flexibility index (Phi) is 5.23. The summed E-state index contributed by atoms with van der Waals surface area (Å²) in [6, 6.07) is 12.7. The number of hydrogen-bond acceptors (Lipinski definition) is 4. The van der Waals surface area contributed by atoms with E-state index in [-0.39, 0.29) is 18.4 Å². The van der Waals surface area contributed by atoms with Crippen molar-refractivity contribution in [3.63, 3.8) is 0 Å². The second-order valence-electron chi connectivity index (χ2n) is 5.75. The van der Waals surface area contributed by atoms with Crippen molar-refractivity contribution in [1.29, 1.82) is 0 Å². The number of carbonyl (C=O) groups is 1. The second-order valence-corrected chi connectivity index (χ2v) is 6.19. The predicted molar refractivity (Wildman–Crippen MR) is 99.7 cm³/mol. The van der Waals surface area contributed by atoms with Crippen LogP contribution in [0.25, 0.3) is 10.9 Å². The molecule has 0 aliphatic rings. The van der Waals surface area contributed by atoms with Gasteiger partial charge in [-0.3, -0.25) is 4.79 Å². The van der Waals surface area contributed by atoms with E-state index in [9.17, 15) is 14.4 Å². The van der Waals surface area contributed by atoms with Gasteiger partial charge in [0.1, 0.15) is 6.04 Å². The predicted octanol–water partition coefficient (Wildman–Crippen LogP) is 2.69. The summed E-state index contributed by atoms with van der Waals surface area (Å²) in [7, 11) is 0. The standard InChI is InChI=1S/C19H17ClN2O4/c1-2-26-18(24)16(10-12-6-4-3-5-7-12)22-17(23)14-9-8-13(20)11-15(14)21-19(22)25/h3-9,11,16H,2,10H2,1H3,(H,21,25)/t16-/m0/s1. The highest BCUT2D eigenvalue weighted by Gasteiger charge is 2.26. The van der Waals surface area contributed by atoms with E-state index < -0.39 is 23.3 Å². The van der Waals surface area contributed by atoms with Gasteiger partial charge in [-0.2, -0.15) is 0 Å². The van der Waals surface area contributed by atoms with E-state index in [0.717, 1.165) is 10.1 Å². The maximum Gasteiger partial charge on any atom is 0.329 e. The lowest BCUT2D eigenvalue weighted by Crippen LogP contribution is -2.42. The van der Waals surface area contributed by atoms with Crippen LogP contribution in [0.4, 0.5) is 0 Å². The molecule has 0 spiro atoms. The SMILES string of the molecule is CCOC(=O)[C@H](Cc1ccccc1)n1c(=O)[nH]c2cc(Cl)ccc2c1=O. The third-order valence-electron chi connectivity index (χ3n) is 4.03. The maximum atomic E-state index is 12.9. The van der Waals surface area contributed by atoms with E-state index >= 15 is 0 Å². The highest BCUT2D eigenvalue weighted by atomic mass is 35.5. The number of fused-ring (bicyclic) bond motifs is 1. The van der Waals surface area contributed by atoms with Crippen LogP contribution in [0.15, 0.2) is 58.1 Å². The first kappa shape index (κ1) is 17.9. The smallest absolute Gasteiger partial charge is 0.329 e. The number of aromatic nitrogens is 2. The zero-order valence-electron chi connectivity index (χ0n) is 14.1. The molecule has 0 radical (unpaired) electrons. The van der Waals surface area contributed by atoms with Crippen LogP contribution >= 0.6 is 11.6 Å². The molecule has 0 fully saturated rings. The normalized spacial score (nSPS) is 12.1. The van der Waals surface area contributed by atoms with Crippen LogP contribution in [0.3, 0.4) is 0 Å². The van der Waals surface area contributed by atoms with E-state index in [1.54, 1.807) is 13.0 Å². The summed E-state index contributed by atoms with van der Waals surface area (Å²) >= 11 is 5.92. The zero-order chi connectivity index (χ0) is 18.7. The van der Waals surface area contributed by atoms with E-state index in [2.05, 4.69) is 4.98 Å². The summed E-state index contributed by atoms with van der Waals surface area (Å²) < 4.78 is 6.02. The first-order chi connectivity index (χ1) is 12.5. The average Bonchev–Trinajstić information content (AvgIpc) is 2.61. The van der Waals surface area contributed by atoms with Crippen LogP contribution in [-0.4, -0.2) is 22.1 Å². The highest BCUT2D eigenvalue weighted by molar-refractivity contribution is 6.31. The van der Waals surface area contributed by atoms with Crippen LogP contribution in [0.1, 0.15) is 18.5 Å². The Morgan fingerprint density at radius 3 is 2.62 bits per heavy atom. The molecule has 6 nitrogen and oxygen atoms in total. The summed E-state index contributed by atoms with van der Waals surface area (Å²) in [5, 5.41) is 0.674. The van der Waals surface area contributed by atoms with E-state index in [4.69, 9.17) is 16.3 Å². The lowest BCUT2D eigenvalue weighted by molar-refractivity contribution is -0.147. The second kappa shape index (κ2) is 7.58. The molecule has 1 heterocycles. The lowest BCUT2D eigenvalue weighted by Gasteiger charge is -2.18. The van der Waals surface area contributed by atoms with Gasteiger partial charge in [-0.25, -0.2) is 14.2 Å². The van der Waals surface area contributed by atoms with Gasteiger partial charge in [0.15, 0.2) is 0 Å². The largest absolute Gasteiger partial charge is 0.464 e. The van der Waals surface area contributed by atoms with Gasteiger partial charge in [-0.05, 0) is 30.7 Å². The molecule has 3 rings (SSSR count). The van der Waals surface area contributed by atoms with Crippen molar-refractivity contribution >= 4 is 28.5 Å². The van der Waals surface area contributed by atoms with Gasteiger partial charge < -0.3 is 9.72 Å². The zero-order valence-corrected chi connectivity index (χ0v) is 14.8. The molecule has 0 saturated heterocycles. The van der Waals surface area contributed by atoms with Gasteiger partial charge in [0.05, 0.1) is 17.5 Å². The summed E-state index contributed by atoms with van der Waals surface area (Å²) in [4.78, 5) is 40.6. The number of nitrogens with one attached hydrogen (secondary N) is 1. The van der Waals surface area contributed by atoms with Gasteiger partial charge in [-0.15, -0.1) is 0 Å². The number of ether oxygens (including phenoxy) is 1. The first-order valence-electron chi connectivity index (χ1n) is 8.16. The molecule has 0 aliphatic heterocycles. The highest BCUT2D eigenvalue weighted by Crippen LogP contribution is 2.17. The molecule has 134 valence electrons. The Bertz CT molecular complexity index is 1060. The van der Waals surface area contributed by atoms with E-state index in [1.165, 1.54) is 12.1 Å². The Labute approximate surface area is 154 Å². The number of hydrogen-bond donors (Lipinski definition) is 1. The van der Waals surface area contributed by atoms with Crippen LogP contribution in [-0.2, 0) is 16.0 Å². The van der Waals surface area contributed by atoms with Crippen molar-refractivity contribution in [2.45, 2.75) is 19.4 Å². The Morgan fingerprint density at radius 1 is 1.19 bits per heavy atom. The number of esters is 1. The molecule has 0 unspecified atom stereocenters. The first-order valence-corrected chi connectivity index (χ1v) is 8.53. The Hall–Kier alpha value is -2.86. The Morgan fingerprint density at radius 2 is 1.92 bits per heavy atom. The molecule has 0 amide bonds. The molecule has 7 heteroatoms. The maximum absolute atomic E-state index is 12.9. The number of halogens is 1. The summed E-state index contributed by atoms with van der Waals surface area (Å²) in [5.41, 5.74) is -0.104. The molecule has 26 heavy (non-hydrogen) atoms. The number of aromatic amines is 1. The monoisotopic (exact) mass is 372 g/mol. The topological polar surface area (TPSA) is 81.2 Å². The van der Waals surface area contributed by atoms with Crippen molar-refractivity contribution < 1.29 is 9.53 Å². The molecule has 0 aliphatic carbocycles. The summed E-state index contributed by atoms with van der Waals surface area (Å²) in [6.45, 7) is 1.83. The molecule has 0 bridgehead atoms. The van der Waals surface area contributed by atoms with Crippen molar-refractivity contribution in [3.05, 3.63) is 80.0 Å². The van der Waals surface area contributed by atoms with E-state index in [1.807, 2.05) is 30.3 Å². The lowest BCUT2D eigenvalue weighted by atomic mass is 10.1. The number of benzene rings is 2. The van der Waals surface area contributed by atoms with Crippen molar-refractivity contribution in [3.8, 4) is 0 Å².